The van der Waals surface area contributed by atoms with Crippen LogP contribution >= 0.6 is 0 Å². The molecule has 22 heavy (non-hydrogen) atoms. The molecule has 0 aliphatic carbocycles. The number of hydrogen-bond acceptors (Lipinski definition) is 4. The van der Waals surface area contributed by atoms with Crippen LogP contribution in [-0.4, -0.2) is 17.7 Å². The molecular weight excluding hydrogens is 278 g/mol. The van der Waals surface area contributed by atoms with Crippen molar-refractivity contribution in [3.05, 3.63) is 35.4 Å². The van der Waals surface area contributed by atoms with Crippen molar-refractivity contribution >= 4 is 12.0 Å². The number of carbonyl (C=O) groups excluding carboxylic acids is 1. The van der Waals surface area contributed by atoms with Gasteiger partial charge in [0.2, 0.25) is 0 Å². The van der Waals surface area contributed by atoms with Gasteiger partial charge in [-0.15, -0.1) is 0 Å². The fraction of sp³-hybridized carbons (Fsp3) is 0.444. The van der Waals surface area contributed by atoms with Gasteiger partial charge < -0.3 is 9.84 Å². The predicted octanol–water partition coefficient (Wildman–Crippen LogP) is 4.06. The van der Waals surface area contributed by atoms with E-state index in [0.717, 1.165) is 25.7 Å². The molecule has 0 radical (unpaired) electrons. The quantitative estimate of drug-likeness (QED) is 0.446. The summed E-state index contributed by atoms with van der Waals surface area (Å²) < 4.78 is 5.26. The number of aromatic hydroxyl groups is 1. The molecule has 0 aliphatic heterocycles. The Hall–Kier alpha value is -2.28. The Bertz CT molecular complexity index is 540. The standard InChI is InChI=1S/C18H23NO3/c1-3-5-6-14(4-2)13-22-18(21)16(12-19)11-15-7-9-17(20)10-8-15/h7-11,14,20H,3-6,13H2,1-2H3/b16-11+. The summed E-state index contributed by atoms with van der Waals surface area (Å²) in [6.07, 6.45) is 5.69. The summed E-state index contributed by atoms with van der Waals surface area (Å²) in [6.45, 7) is 4.56. The first-order valence-electron chi connectivity index (χ1n) is 7.68. The highest BCUT2D eigenvalue weighted by atomic mass is 16.5. The molecule has 118 valence electrons. The van der Waals surface area contributed by atoms with Gasteiger partial charge in [0.05, 0.1) is 6.61 Å². The van der Waals surface area contributed by atoms with E-state index in [0.29, 0.717) is 18.1 Å². The third-order valence-corrected chi connectivity index (χ3v) is 3.54. The van der Waals surface area contributed by atoms with Gasteiger partial charge in [-0.25, -0.2) is 4.79 Å². The summed E-state index contributed by atoms with van der Waals surface area (Å²) in [7, 11) is 0. The third kappa shape index (κ3) is 6.01. The molecule has 1 aromatic rings. The SMILES string of the molecule is CCCCC(CC)COC(=O)/C(C#N)=C/c1ccc(O)cc1. The predicted molar refractivity (Wildman–Crippen MR) is 86.0 cm³/mol. The van der Waals surface area contributed by atoms with Gasteiger partial charge in [-0.3, -0.25) is 0 Å². The number of phenolic OH excluding ortho intramolecular Hbond substituents is 1. The Morgan fingerprint density at radius 3 is 2.59 bits per heavy atom. The van der Waals surface area contributed by atoms with Crippen LogP contribution in [0.4, 0.5) is 0 Å². The van der Waals surface area contributed by atoms with Crippen LogP contribution in [0.3, 0.4) is 0 Å². The second-order valence-corrected chi connectivity index (χ2v) is 5.28. The van der Waals surface area contributed by atoms with Crippen LogP contribution < -0.4 is 0 Å². The molecule has 0 saturated carbocycles. The summed E-state index contributed by atoms with van der Waals surface area (Å²) in [5, 5.41) is 18.3. The summed E-state index contributed by atoms with van der Waals surface area (Å²) in [4.78, 5) is 12.0. The molecule has 1 aromatic carbocycles. The van der Waals surface area contributed by atoms with E-state index < -0.39 is 5.97 Å². The number of esters is 1. The number of nitriles is 1. The lowest BCUT2D eigenvalue weighted by Crippen LogP contribution is -2.14. The van der Waals surface area contributed by atoms with E-state index in [-0.39, 0.29) is 11.3 Å². The molecule has 1 rings (SSSR count). The van der Waals surface area contributed by atoms with Gasteiger partial charge in [-0.2, -0.15) is 5.26 Å². The molecule has 0 heterocycles. The average molecular weight is 301 g/mol. The Morgan fingerprint density at radius 2 is 2.05 bits per heavy atom. The zero-order valence-electron chi connectivity index (χ0n) is 13.2. The first kappa shape index (κ1) is 17.8. The molecule has 0 aliphatic rings. The lowest BCUT2D eigenvalue weighted by Gasteiger charge is -2.14. The van der Waals surface area contributed by atoms with E-state index in [4.69, 9.17) is 10.00 Å². The van der Waals surface area contributed by atoms with E-state index in [9.17, 15) is 9.90 Å². The second-order valence-electron chi connectivity index (χ2n) is 5.28. The van der Waals surface area contributed by atoms with Crippen molar-refractivity contribution in [2.75, 3.05) is 6.61 Å². The molecular formula is C18H23NO3. The number of carbonyl (C=O) groups is 1. The van der Waals surface area contributed by atoms with Crippen molar-refractivity contribution in [1.29, 1.82) is 5.26 Å². The molecule has 0 spiro atoms. The van der Waals surface area contributed by atoms with Crippen LogP contribution in [0, 0.1) is 17.2 Å². The molecule has 0 amide bonds. The van der Waals surface area contributed by atoms with Gasteiger partial charge in [0.1, 0.15) is 17.4 Å². The van der Waals surface area contributed by atoms with E-state index in [1.165, 1.54) is 18.2 Å². The molecule has 0 saturated heterocycles. The lowest BCUT2D eigenvalue weighted by atomic mass is 10.0. The molecule has 0 fully saturated rings. The van der Waals surface area contributed by atoms with Crippen molar-refractivity contribution in [2.24, 2.45) is 5.92 Å². The van der Waals surface area contributed by atoms with Gasteiger partial charge >= 0.3 is 5.97 Å². The van der Waals surface area contributed by atoms with Gasteiger partial charge in [0, 0.05) is 0 Å². The minimum absolute atomic E-state index is 0.0314. The first-order valence-corrected chi connectivity index (χ1v) is 7.68. The van der Waals surface area contributed by atoms with Crippen LogP contribution in [0.15, 0.2) is 29.8 Å². The second kappa shape index (κ2) is 9.62. The average Bonchev–Trinajstić information content (AvgIpc) is 2.54. The monoisotopic (exact) mass is 301 g/mol. The number of ether oxygens (including phenoxy) is 1. The highest BCUT2D eigenvalue weighted by Gasteiger charge is 2.14. The van der Waals surface area contributed by atoms with E-state index >= 15 is 0 Å². The van der Waals surface area contributed by atoms with Crippen molar-refractivity contribution < 1.29 is 14.6 Å². The van der Waals surface area contributed by atoms with Crippen LogP contribution in [0.2, 0.25) is 0 Å². The van der Waals surface area contributed by atoms with Gasteiger partial charge in [-0.05, 0) is 36.1 Å². The maximum Gasteiger partial charge on any atom is 0.348 e. The molecule has 1 N–H and O–H groups in total. The van der Waals surface area contributed by atoms with Crippen molar-refractivity contribution in [3.63, 3.8) is 0 Å². The molecule has 4 nitrogen and oxygen atoms in total. The van der Waals surface area contributed by atoms with Gasteiger partial charge in [0.25, 0.3) is 0 Å². The Balaban J connectivity index is 2.64. The molecule has 4 heteroatoms. The van der Waals surface area contributed by atoms with Crippen LogP contribution in [0.1, 0.15) is 45.1 Å². The maximum absolute atomic E-state index is 12.0. The van der Waals surface area contributed by atoms with E-state index in [2.05, 4.69) is 13.8 Å². The minimum Gasteiger partial charge on any atom is -0.508 e. The molecule has 1 atom stereocenters. The normalized spacial score (nSPS) is 12.5. The fourth-order valence-electron chi connectivity index (χ4n) is 2.04. The molecule has 1 unspecified atom stereocenters. The smallest absolute Gasteiger partial charge is 0.348 e. The third-order valence-electron chi connectivity index (χ3n) is 3.54. The summed E-state index contributed by atoms with van der Waals surface area (Å²) in [5.41, 5.74) is 0.639. The van der Waals surface area contributed by atoms with Gasteiger partial charge in [-0.1, -0.05) is 45.2 Å². The topological polar surface area (TPSA) is 70.3 Å². The van der Waals surface area contributed by atoms with Crippen molar-refractivity contribution in [1.82, 2.24) is 0 Å². The van der Waals surface area contributed by atoms with E-state index in [1.807, 2.05) is 6.07 Å². The molecule has 0 bridgehead atoms. The Labute approximate surface area is 132 Å². The fourth-order valence-corrected chi connectivity index (χ4v) is 2.04. The van der Waals surface area contributed by atoms with Crippen LogP contribution in [0.25, 0.3) is 6.08 Å². The highest BCUT2D eigenvalue weighted by Crippen LogP contribution is 2.16. The number of nitrogens with zero attached hydrogens (tertiary/aromatic N) is 1. The number of benzene rings is 1. The zero-order chi connectivity index (χ0) is 16.4. The summed E-state index contributed by atoms with van der Waals surface area (Å²) in [6, 6.07) is 8.15. The highest BCUT2D eigenvalue weighted by molar-refractivity contribution is 5.97. The lowest BCUT2D eigenvalue weighted by molar-refractivity contribution is -0.139. The van der Waals surface area contributed by atoms with Crippen molar-refractivity contribution in [2.45, 2.75) is 39.5 Å². The molecule has 0 aromatic heterocycles. The number of rotatable bonds is 8. The Morgan fingerprint density at radius 1 is 1.36 bits per heavy atom. The maximum atomic E-state index is 12.0. The number of hydrogen-bond donors (Lipinski definition) is 1. The summed E-state index contributed by atoms with van der Waals surface area (Å²) in [5.74, 6) is -0.108. The number of unbranched alkanes of at least 4 members (excludes halogenated alkanes) is 1. The van der Waals surface area contributed by atoms with Crippen LogP contribution in [-0.2, 0) is 9.53 Å². The Kier molecular flexibility index (Phi) is 7.77. The summed E-state index contributed by atoms with van der Waals surface area (Å²) >= 11 is 0. The van der Waals surface area contributed by atoms with Crippen LogP contribution in [0.5, 0.6) is 5.75 Å². The van der Waals surface area contributed by atoms with Gasteiger partial charge in [0.15, 0.2) is 0 Å². The van der Waals surface area contributed by atoms with Crippen molar-refractivity contribution in [3.8, 4) is 11.8 Å². The zero-order valence-corrected chi connectivity index (χ0v) is 13.2. The minimum atomic E-state index is -0.592. The number of phenols is 1. The first-order chi connectivity index (χ1) is 10.6. The largest absolute Gasteiger partial charge is 0.508 e. The van der Waals surface area contributed by atoms with E-state index in [1.54, 1.807) is 12.1 Å².